The van der Waals surface area contributed by atoms with Crippen LogP contribution in [-0.2, 0) is 14.4 Å². The number of amides is 3. The normalized spacial score (nSPS) is 22.8. The predicted molar refractivity (Wildman–Crippen MR) is 129 cm³/mol. The summed E-state index contributed by atoms with van der Waals surface area (Å²) in [6.07, 6.45) is 2.75. The van der Waals surface area contributed by atoms with Crippen molar-refractivity contribution in [3.63, 3.8) is 0 Å². The smallest absolute Gasteiger partial charge is 0.246 e. The number of rotatable bonds is 6. The summed E-state index contributed by atoms with van der Waals surface area (Å²) in [5, 5.41) is 5.92. The Morgan fingerprint density at radius 1 is 0.939 bits per heavy atom. The molecule has 2 aliphatic heterocycles. The molecular formula is C25H31ClN4O3. The monoisotopic (exact) mass is 470 g/mol. The number of carbonyl (C=O) groups is 3. The second-order valence-corrected chi connectivity index (χ2v) is 8.68. The van der Waals surface area contributed by atoms with Gasteiger partial charge in [-0.3, -0.25) is 14.4 Å². The van der Waals surface area contributed by atoms with E-state index in [2.05, 4.69) is 10.6 Å². The fourth-order valence-electron chi connectivity index (χ4n) is 4.75. The molecule has 2 fully saturated rings. The number of halogens is 1. The average Bonchev–Trinajstić information content (AvgIpc) is 3.25. The predicted octanol–water partition coefficient (Wildman–Crippen LogP) is 2.30. The third kappa shape index (κ3) is 5.37. The zero-order valence-corrected chi connectivity index (χ0v) is 19.5. The van der Waals surface area contributed by atoms with Crippen molar-refractivity contribution in [3.8, 4) is 0 Å². The summed E-state index contributed by atoms with van der Waals surface area (Å²) in [5.74, 6) is -0.711. The molecule has 2 aliphatic rings. The van der Waals surface area contributed by atoms with Gasteiger partial charge in [0, 0.05) is 6.04 Å². The number of nitrogens with two attached hydrogens (primary N) is 1. The Kier molecular flexibility index (Phi) is 8.10. The zero-order chi connectivity index (χ0) is 22.7. The van der Waals surface area contributed by atoms with E-state index in [-0.39, 0.29) is 42.2 Å². The summed E-state index contributed by atoms with van der Waals surface area (Å²) in [6.45, 7) is 1.59. The molecule has 2 saturated heterocycles. The lowest BCUT2D eigenvalue weighted by Gasteiger charge is -2.38. The Morgan fingerprint density at radius 2 is 1.48 bits per heavy atom. The van der Waals surface area contributed by atoms with Gasteiger partial charge in [-0.2, -0.15) is 0 Å². The maximum Gasteiger partial charge on any atom is 0.246 e. The van der Waals surface area contributed by atoms with E-state index in [1.807, 2.05) is 60.7 Å². The Labute approximate surface area is 200 Å². The molecule has 2 heterocycles. The highest BCUT2D eigenvalue weighted by atomic mass is 35.5. The van der Waals surface area contributed by atoms with Crippen LogP contribution in [0.25, 0.3) is 0 Å². The van der Waals surface area contributed by atoms with E-state index in [1.54, 1.807) is 11.8 Å². The van der Waals surface area contributed by atoms with Gasteiger partial charge in [0.25, 0.3) is 0 Å². The topological polar surface area (TPSA) is 105 Å². The summed E-state index contributed by atoms with van der Waals surface area (Å²) < 4.78 is 0. The lowest BCUT2D eigenvalue weighted by molar-refractivity contribution is -0.146. The molecular weight excluding hydrogens is 440 g/mol. The second kappa shape index (κ2) is 10.8. The number of piperidine rings is 1. The quantitative estimate of drug-likeness (QED) is 0.602. The van der Waals surface area contributed by atoms with Gasteiger partial charge >= 0.3 is 0 Å². The van der Waals surface area contributed by atoms with E-state index in [1.165, 1.54) is 0 Å². The number of carbonyl (C=O) groups excluding carboxylic acids is 3. The van der Waals surface area contributed by atoms with E-state index in [0.717, 1.165) is 24.0 Å². The molecule has 4 rings (SSSR count). The molecule has 2 aromatic carbocycles. The highest BCUT2D eigenvalue weighted by Crippen LogP contribution is 2.33. The van der Waals surface area contributed by atoms with Crippen LogP contribution < -0.4 is 16.4 Å². The molecule has 176 valence electrons. The molecule has 0 unspecified atom stereocenters. The van der Waals surface area contributed by atoms with Gasteiger partial charge in [-0.05, 0) is 43.7 Å². The second-order valence-electron chi connectivity index (χ2n) is 8.68. The van der Waals surface area contributed by atoms with E-state index < -0.39 is 18.1 Å². The van der Waals surface area contributed by atoms with E-state index in [0.29, 0.717) is 12.8 Å². The molecule has 0 bridgehead atoms. The SMILES string of the molecule is C[C@H](N)C(=O)N[C@H]1CC[C@H]2CC[C@@H](C(=O)NC(c3ccccc3)c3ccccc3)N2C1=O.Cl. The van der Waals surface area contributed by atoms with Crippen LogP contribution in [0.5, 0.6) is 0 Å². The summed E-state index contributed by atoms with van der Waals surface area (Å²) >= 11 is 0. The standard InChI is InChI=1S/C25H30N4O3.ClH/c1-16(26)23(30)27-20-14-12-19-13-15-21(29(19)25(20)32)24(31)28-22(17-8-4-2-5-9-17)18-10-6-3-7-11-18;/h2-11,16,19-22H,12-15,26H2,1H3,(H,27,30)(H,28,31);1H/t16-,19-,20-,21-;/m0./s1. The first-order valence-corrected chi connectivity index (χ1v) is 11.2. The summed E-state index contributed by atoms with van der Waals surface area (Å²) in [4.78, 5) is 40.4. The maximum absolute atomic E-state index is 13.4. The van der Waals surface area contributed by atoms with Gasteiger partial charge in [0.15, 0.2) is 0 Å². The van der Waals surface area contributed by atoms with Crippen LogP contribution in [0.1, 0.15) is 49.8 Å². The first-order valence-electron chi connectivity index (χ1n) is 11.2. The number of nitrogens with one attached hydrogen (secondary N) is 2. The zero-order valence-electron chi connectivity index (χ0n) is 18.6. The van der Waals surface area contributed by atoms with E-state index >= 15 is 0 Å². The van der Waals surface area contributed by atoms with Crippen molar-refractivity contribution < 1.29 is 14.4 Å². The number of nitrogens with zero attached hydrogens (tertiary/aromatic N) is 1. The molecule has 3 amide bonds. The van der Waals surface area contributed by atoms with Gasteiger partial charge in [0.2, 0.25) is 17.7 Å². The molecule has 4 N–H and O–H groups in total. The molecule has 7 nitrogen and oxygen atoms in total. The van der Waals surface area contributed by atoms with Crippen molar-refractivity contribution in [2.24, 2.45) is 5.73 Å². The van der Waals surface area contributed by atoms with E-state index in [4.69, 9.17) is 5.73 Å². The van der Waals surface area contributed by atoms with Gasteiger partial charge in [0.1, 0.15) is 12.1 Å². The lowest BCUT2D eigenvalue weighted by atomic mass is 9.97. The van der Waals surface area contributed by atoms with Crippen LogP contribution in [0.3, 0.4) is 0 Å². The van der Waals surface area contributed by atoms with Gasteiger partial charge < -0.3 is 21.3 Å². The number of hydrogen-bond acceptors (Lipinski definition) is 4. The van der Waals surface area contributed by atoms with Crippen LogP contribution in [-0.4, -0.2) is 46.8 Å². The van der Waals surface area contributed by atoms with Gasteiger partial charge in [-0.25, -0.2) is 0 Å². The molecule has 0 aromatic heterocycles. The van der Waals surface area contributed by atoms with E-state index in [9.17, 15) is 14.4 Å². The molecule has 4 atom stereocenters. The lowest BCUT2D eigenvalue weighted by Crippen LogP contribution is -2.60. The highest BCUT2D eigenvalue weighted by Gasteiger charge is 2.46. The van der Waals surface area contributed by atoms with Crippen molar-refractivity contribution in [1.82, 2.24) is 15.5 Å². The average molecular weight is 471 g/mol. The number of hydrogen-bond donors (Lipinski definition) is 3. The molecule has 33 heavy (non-hydrogen) atoms. The Hall–Kier alpha value is -2.90. The minimum atomic E-state index is -0.685. The third-order valence-corrected chi connectivity index (χ3v) is 6.43. The van der Waals surface area contributed by atoms with Crippen LogP contribution in [0.4, 0.5) is 0 Å². The number of benzene rings is 2. The highest BCUT2D eigenvalue weighted by molar-refractivity contribution is 5.94. The first-order chi connectivity index (χ1) is 15.5. The summed E-state index contributed by atoms with van der Waals surface area (Å²) in [6, 6.07) is 17.5. The van der Waals surface area contributed by atoms with Crippen molar-refractivity contribution in [2.45, 2.75) is 62.8 Å². The Morgan fingerprint density at radius 3 is 2.03 bits per heavy atom. The molecule has 0 saturated carbocycles. The van der Waals surface area contributed by atoms with Crippen molar-refractivity contribution in [3.05, 3.63) is 71.8 Å². The minimum absolute atomic E-state index is 0. The van der Waals surface area contributed by atoms with Gasteiger partial charge in [-0.1, -0.05) is 60.7 Å². The molecule has 8 heteroatoms. The fourth-order valence-corrected chi connectivity index (χ4v) is 4.75. The molecule has 0 aliphatic carbocycles. The van der Waals surface area contributed by atoms with Crippen molar-refractivity contribution >= 4 is 30.1 Å². The molecule has 0 radical (unpaired) electrons. The first kappa shape index (κ1) is 24.7. The Bertz CT molecular complexity index is 931. The number of fused-ring (bicyclic) bond motifs is 1. The van der Waals surface area contributed by atoms with Crippen LogP contribution in [0.2, 0.25) is 0 Å². The summed E-state index contributed by atoms with van der Waals surface area (Å²) in [7, 11) is 0. The van der Waals surface area contributed by atoms with Crippen LogP contribution in [0, 0.1) is 0 Å². The van der Waals surface area contributed by atoms with Gasteiger partial charge in [0.05, 0.1) is 12.1 Å². The summed E-state index contributed by atoms with van der Waals surface area (Å²) in [5.41, 5.74) is 7.61. The molecule has 2 aromatic rings. The van der Waals surface area contributed by atoms with Crippen LogP contribution >= 0.6 is 12.4 Å². The maximum atomic E-state index is 13.4. The largest absolute Gasteiger partial charge is 0.343 e. The van der Waals surface area contributed by atoms with Crippen LogP contribution in [0.15, 0.2) is 60.7 Å². The Balaban J connectivity index is 0.00000306. The van der Waals surface area contributed by atoms with Crippen molar-refractivity contribution in [2.75, 3.05) is 0 Å². The third-order valence-electron chi connectivity index (χ3n) is 6.43. The minimum Gasteiger partial charge on any atom is -0.343 e. The fraction of sp³-hybridized carbons (Fsp3) is 0.400. The molecule has 0 spiro atoms. The van der Waals surface area contributed by atoms with Gasteiger partial charge in [-0.15, -0.1) is 12.4 Å². The van der Waals surface area contributed by atoms with Crippen molar-refractivity contribution in [1.29, 1.82) is 0 Å².